The van der Waals surface area contributed by atoms with Gasteiger partial charge in [0, 0.05) is 37.1 Å². The first-order valence-electron chi connectivity index (χ1n) is 18.4. The van der Waals surface area contributed by atoms with E-state index in [4.69, 9.17) is 37.5 Å². The number of hydrogen-bond acceptors (Lipinski definition) is 12. The first-order chi connectivity index (χ1) is 27.6. The van der Waals surface area contributed by atoms with Crippen LogP contribution < -0.4 is 39.1 Å². The van der Waals surface area contributed by atoms with Crippen LogP contribution in [0.3, 0.4) is 0 Å². The Labute approximate surface area is 337 Å². The highest BCUT2D eigenvalue weighted by atomic mass is 32.2. The number of ether oxygens (including phenoxy) is 6. The summed E-state index contributed by atoms with van der Waals surface area (Å²) >= 11 is 0. The quantitative estimate of drug-likeness (QED) is 0.159. The molecule has 4 N–H and O–H groups in total. The second-order valence-corrected chi connectivity index (χ2v) is 16.9. The van der Waals surface area contributed by atoms with Crippen LogP contribution in [0, 0.1) is 23.5 Å². The topological polar surface area (TPSA) is 188 Å². The van der Waals surface area contributed by atoms with E-state index >= 15 is 0 Å². The van der Waals surface area contributed by atoms with Gasteiger partial charge in [-0.05, 0) is 97.4 Å². The molecule has 0 unspecified atom stereocenters. The normalized spacial score (nSPS) is 20.5. The van der Waals surface area contributed by atoms with Gasteiger partial charge in [0.1, 0.15) is 23.1 Å². The summed E-state index contributed by atoms with van der Waals surface area (Å²) in [6.07, 6.45) is 3.49. The number of nitrogens with one attached hydrogen (secondary N) is 2. The maximum atomic E-state index is 13.2. The highest BCUT2D eigenvalue weighted by molar-refractivity contribution is 7.85. The largest absolute Gasteiger partial charge is 0.493 e. The van der Waals surface area contributed by atoms with Crippen molar-refractivity contribution in [2.45, 2.75) is 24.7 Å². The van der Waals surface area contributed by atoms with Gasteiger partial charge < -0.3 is 39.1 Å². The van der Waals surface area contributed by atoms with Crippen molar-refractivity contribution >= 4 is 20.2 Å². The standard InChI is InChI=1S/2C19H20FNO3.2CH4O3S/c2*20-15-3-1-13(2-4-15)17-7-8-21-10-14(17)11-22-16-5-6-18-19(9-16)24-12-23-18;2*1-5(2,3)4/h2*1-6,9,14,17,21H,7-8,10-12H2;2*1H3,(H,2,3,4)/t2*14-,17-;;/m00../s1. The van der Waals surface area contributed by atoms with Gasteiger partial charge in [-0.25, -0.2) is 8.78 Å². The summed E-state index contributed by atoms with van der Waals surface area (Å²) in [5, 5.41) is 6.85. The fraction of sp³-hybridized carbons (Fsp3) is 0.400. The van der Waals surface area contributed by atoms with Crippen molar-refractivity contribution in [1.29, 1.82) is 0 Å². The Morgan fingerprint density at radius 3 is 1.29 bits per heavy atom. The Bertz CT molecular complexity index is 1980. The van der Waals surface area contributed by atoms with E-state index in [0.717, 1.165) is 73.5 Å². The second-order valence-electron chi connectivity index (χ2n) is 13.9. The molecular weight excluding hydrogens is 803 g/mol. The lowest BCUT2D eigenvalue weighted by Gasteiger charge is -2.32. The van der Waals surface area contributed by atoms with E-state index in [2.05, 4.69) is 10.6 Å². The third kappa shape index (κ3) is 14.9. The predicted molar refractivity (Wildman–Crippen MR) is 211 cm³/mol. The summed E-state index contributed by atoms with van der Waals surface area (Å²) in [4.78, 5) is 0. The molecule has 18 heteroatoms. The van der Waals surface area contributed by atoms with Gasteiger partial charge in [-0.3, -0.25) is 9.11 Å². The van der Waals surface area contributed by atoms with Crippen molar-refractivity contribution in [2.75, 3.05) is 65.5 Å². The fourth-order valence-electron chi connectivity index (χ4n) is 6.83. The van der Waals surface area contributed by atoms with Crippen molar-refractivity contribution in [3.05, 3.63) is 108 Å². The van der Waals surface area contributed by atoms with Crippen molar-refractivity contribution in [3.63, 3.8) is 0 Å². The van der Waals surface area contributed by atoms with E-state index in [9.17, 15) is 25.6 Å². The lowest BCUT2D eigenvalue weighted by Crippen LogP contribution is -2.38. The Hall–Kier alpha value is -4.72. The minimum absolute atomic E-state index is 0.194. The van der Waals surface area contributed by atoms with Crippen LogP contribution in [0.2, 0.25) is 0 Å². The molecule has 4 atom stereocenters. The van der Waals surface area contributed by atoms with Gasteiger partial charge in [-0.15, -0.1) is 0 Å². The second kappa shape index (κ2) is 20.8. The molecular formula is C40H48F2N2O12S2. The molecule has 0 aromatic heterocycles. The average Bonchev–Trinajstić information content (AvgIpc) is 3.86. The molecule has 0 spiro atoms. The lowest BCUT2D eigenvalue weighted by molar-refractivity contribution is 0.173. The van der Waals surface area contributed by atoms with Crippen LogP contribution in [0.25, 0.3) is 0 Å². The summed E-state index contributed by atoms with van der Waals surface area (Å²) < 4.78 is 111. The van der Waals surface area contributed by atoms with Crippen LogP contribution >= 0.6 is 0 Å². The van der Waals surface area contributed by atoms with Crippen molar-refractivity contribution in [3.8, 4) is 34.5 Å². The van der Waals surface area contributed by atoms with Gasteiger partial charge in [0.15, 0.2) is 23.0 Å². The van der Waals surface area contributed by atoms with Gasteiger partial charge in [-0.1, -0.05) is 24.3 Å². The lowest BCUT2D eigenvalue weighted by atomic mass is 9.81. The van der Waals surface area contributed by atoms with Gasteiger partial charge in [0.2, 0.25) is 13.6 Å². The van der Waals surface area contributed by atoms with Gasteiger partial charge in [0.25, 0.3) is 20.2 Å². The first-order valence-corrected chi connectivity index (χ1v) is 22.1. The molecule has 4 aromatic rings. The molecule has 4 aliphatic rings. The molecule has 0 amide bonds. The Morgan fingerprint density at radius 1 is 0.586 bits per heavy atom. The summed E-state index contributed by atoms with van der Waals surface area (Å²) in [5.41, 5.74) is 2.36. The zero-order chi connectivity index (χ0) is 41.7. The smallest absolute Gasteiger partial charge is 0.261 e. The molecule has 316 valence electrons. The van der Waals surface area contributed by atoms with Crippen LogP contribution in [0.15, 0.2) is 84.9 Å². The van der Waals surface area contributed by atoms with Crippen molar-refractivity contribution in [2.24, 2.45) is 11.8 Å². The van der Waals surface area contributed by atoms with E-state index in [-0.39, 0.29) is 25.2 Å². The molecule has 0 bridgehead atoms. The van der Waals surface area contributed by atoms with Crippen LogP contribution in [-0.4, -0.2) is 91.4 Å². The minimum atomic E-state index is -3.67. The molecule has 14 nitrogen and oxygen atoms in total. The zero-order valence-electron chi connectivity index (χ0n) is 32.0. The monoisotopic (exact) mass is 850 g/mol. The minimum Gasteiger partial charge on any atom is -0.493 e. The zero-order valence-corrected chi connectivity index (χ0v) is 33.6. The average molecular weight is 851 g/mol. The maximum absolute atomic E-state index is 13.2. The molecule has 2 fully saturated rings. The number of benzene rings is 4. The van der Waals surface area contributed by atoms with E-state index in [0.29, 0.717) is 49.4 Å². The summed E-state index contributed by atoms with van der Waals surface area (Å²) in [5.74, 6) is 5.57. The molecule has 0 aliphatic carbocycles. The van der Waals surface area contributed by atoms with Crippen LogP contribution in [0.4, 0.5) is 8.78 Å². The van der Waals surface area contributed by atoms with Crippen molar-refractivity contribution < 1.29 is 63.1 Å². The Kier molecular flexibility index (Phi) is 15.9. The Balaban J connectivity index is 0.000000180. The molecule has 8 rings (SSSR count). The van der Waals surface area contributed by atoms with E-state index < -0.39 is 20.2 Å². The Morgan fingerprint density at radius 2 is 0.931 bits per heavy atom. The van der Waals surface area contributed by atoms with Gasteiger partial charge >= 0.3 is 0 Å². The van der Waals surface area contributed by atoms with Crippen LogP contribution in [0.5, 0.6) is 34.5 Å². The van der Waals surface area contributed by atoms with E-state index in [1.807, 2.05) is 60.7 Å². The number of rotatable bonds is 8. The number of halogens is 2. The SMILES string of the molecule is CS(=O)(=O)O.CS(=O)(=O)O.Fc1ccc([C@@H]2CCNC[C@H]2COc2ccc3c(c2)OCO3)cc1.Fc1ccc([C@@H]2CCNC[C@H]2COc2ccc3c(c2)OCO3)cc1. The molecule has 58 heavy (non-hydrogen) atoms. The first kappa shape index (κ1) is 44.4. The third-order valence-corrected chi connectivity index (χ3v) is 9.43. The number of fused-ring (bicyclic) bond motifs is 2. The van der Waals surface area contributed by atoms with Crippen molar-refractivity contribution in [1.82, 2.24) is 10.6 Å². The maximum Gasteiger partial charge on any atom is 0.261 e. The molecule has 4 heterocycles. The molecule has 0 saturated carbocycles. The van der Waals surface area contributed by atoms with E-state index in [1.165, 1.54) is 35.4 Å². The highest BCUT2D eigenvalue weighted by Crippen LogP contribution is 2.38. The van der Waals surface area contributed by atoms with Gasteiger partial charge in [0.05, 0.1) is 25.7 Å². The summed E-state index contributed by atoms with van der Waals surface area (Å²) in [6.45, 7) is 5.48. The summed E-state index contributed by atoms with van der Waals surface area (Å²) in [7, 11) is -7.33. The molecule has 0 radical (unpaired) electrons. The summed E-state index contributed by atoms with van der Waals surface area (Å²) in [6, 6.07) is 25.0. The molecule has 4 aliphatic heterocycles. The molecule has 4 aromatic carbocycles. The number of piperidine rings is 2. The highest BCUT2D eigenvalue weighted by Gasteiger charge is 2.29. The molecule has 2 saturated heterocycles. The number of hydrogen-bond donors (Lipinski definition) is 4. The fourth-order valence-corrected chi connectivity index (χ4v) is 6.83. The van der Waals surface area contributed by atoms with E-state index in [1.54, 1.807) is 0 Å². The van der Waals surface area contributed by atoms with Crippen LogP contribution in [-0.2, 0) is 20.2 Å². The van der Waals surface area contributed by atoms with Gasteiger partial charge in [-0.2, -0.15) is 16.8 Å². The predicted octanol–water partition coefficient (Wildman–Crippen LogP) is 5.66. The third-order valence-electron chi connectivity index (χ3n) is 9.43. The van der Waals surface area contributed by atoms with Crippen LogP contribution in [0.1, 0.15) is 35.8 Å².